The third-order valence-corrected chi connectivity index (χ3v) is 5.92. The van der Waals surface area contributed by atoms with Crippen LogP contribution in [0.1, 0.15) is 50.5 Å². The molecule has 1 saturated carbocycles. The molecule has 1 heterocycles. The highest BCUT2D eigenvalue weighted by molar-refractivity contribution is 5.86. The zero-order valence-corrected chi connectivity index (χ0v) is 16.1. The van der Waals surface area contributed by atoms with Crippen LogP contribution in [0.5, 0.6) is 5.75 Å². The van der Waals surface area contributed by atoms with Gasteiger partial charge in [-0.1, -0.05) is 31.4 Å². The van der Waals surface area contributed by atoms with E-state index in [4.69, 9.17) is 4.74 Å². The number of piperidine rings is 1. The first kappa shape index (κ1) is 19.2. The first-order valence-electron chi connectivity index (χ1n) is 9.87. The molecular formula is C21H32N2O3. The molecule has 2 fully saturated rings. The number of amides is 1. The molecule has 26 heavy (non-hydrogen) atoms. The average Bonchev–Trinajstić information content (AvgIpc) is 2.66. The largest absolute Gasteiger partial charge is 0.497 e. The number of carbonyl (C=O) groups excluding carboxylic acids is 1. The van der Waals surface area contributed by atoms with Crippen molar-refractivity contribution >= 4 is 5.91 Å². The van der Waals surface area contributed by atoms with Gasteiger partial charge in [0.2, 0.25) is 0 Å². The molecule has 1 aromatic carbocycles. The van der Waals surface area contributed by atoms with Gasteiger partial charge in [0.05, 0.1) is 7.11 Å². The van der Waals surface area contributed by atoms with Crippen molar-refractivity contribution < 1.29 is 14.6 Å². The fraction of sp³-hybridized carbons (Fsp3) is 0.667. The van der Waals surface area contributed by atoms with Crippen LogP contribution in [0, 0.1) is 0 Å². The quantitative estimate of drug-likeness (QED) is 0.848. The van der Waals surface area contributed by atoms with Crippen molar-refractivity contribution in [3.8, 4) is 5.75 Å². The number of carbonyl (C=O) groups is 1. The van der Waals surface area contributed by atoms with Crippen molar-refractivity contribution in [2.75, 3.05) is 27.2 Å². The monoisotopic (exact) mass is 360 g/mol. The lowest BCUT2D eigenvalue weighted by molar-refractivity contribution is -0.160. The third-order valence-electron chi connectivity index (χ3n) is 5.92. The van der Waals surface area contributed by atoms with E-state index in [1.54, 1.807) is 12.0 Å². The number of likely N-dealkylation sites (N-methyl/N-ethyl adjacent to an activating group) is 1. The Labute approximate surface area is 156 Å². The molecule has 1 aliphatic heterocycles. The van der Waals surface area contributed by atoms with Gasteiger partial charge in [-0.15, -0.1) is 0 Å². The molecule has 1 amide bonds. The number of methoxy groups -OCH3 is 1. The Morgan fingerprint density at radius 1 is 1.27 bits per heavy atom. The number of nitrogens with zero attached hydrogens (tertiary/aromatic N) is 2. The lowest BCUT2D eigenvalue weighted by Gasteiger charge is -2.42. The number of benzene rings is 1. The van der Waals surface area contributed by atoms with Crippen molar-refractivity contribution in [2.45, 2.75) is 63.1 Å². The second-order valence-electron chi connectivity index (χ2n) is 7.92. The Hall–Kier alpha value is -1.59. The van der Waals surface area contributed by atoms with Gasteiger partial charge in [0, 0.05) is 25.7 Å². The van der Waals surface area contributed by atoms with Crippen molar-refractivity contribution in [3.05, 3.63) is 29.8 Å². The molecule has 1 atom stereocenters. The molecule has 1 aliphatic carbocycles. The Morgan fingerprint density at radius 3 is 2.77 bits per heavy atom. The maximum Gasteiger partial charge on any atom is 0.256 e. The second-order valence-corrected chi connectivity index (χ2v) is 7.92. The summed E-state index contributed by atoms with van der Waals surface area (Å²) in [5.74, 6) is 0.661. The zero-order chi connectivity index (χ0) is 18.6. The smallest absolute Gasteiger partial charge is 0.256 e. The Balaban J connectivity index is 1.65. The number of ether oxygens (including phenoxy) is 1. The fourth-order valence-corrected chi connectivity index (χ4v) is 4.42. The molecule has 144 valence electrons. The van der Waals surface area contributed by atoms with Gasteiger partial charge in [-0.2, -0.15) is 0 Å². The summed E-state index contributed by atoms with van der Waals surface area (Å²) in [5.41, 5.74) is -0.230. The number of rotatable bonds is 6. The summed E-state index contributed by atoms with van der Waals surface area (Å²) in [4.78, 5) is 17.1. The van der Waals surface area contributed by atoms with Gasteiger partial charge in [-0.05, 0) is 50.4 Å². The number of hydrogen-bond acceptors (Lipinski definition) is 4. The van der Waals surface area contributed by atoms with Gasteiger partial charge in [0.15, 0.2) is 5.60 Å². The van der Waals surface area contributed by atoms with E-state index in [0.29, 0.717) is 32.1 Å². The van der Waals surface area contributed by atoms with E-state index in [1.165, 1.54) is 32.1 Å². The van der Waals surface area contributed by atoms with Crippen molar-refractivity contribution in [3.63, 3.8) is 0 Å². The van der Waals surface area contributed by atoms with Crippen LogP contribution in [0.15, 0.2) is 24.3 Å². The van der Waals surface area contributed by atoms with Crippen LogP contribution in [-0.4, -0.2) is 59.7 Å². The maximum absolute atomic E-state index is 13.0. The summed E-state index contributed by atoms with van der Waals surface area (Å²) < 4.78 is 5.27. The highest BCUT2D eigenvalue weighted by atomic mass is 16.5. The van der Waals surface area contributed by atoms with E-state index in [2.05, 4.69) is 11.9 Å². The first-order chi connectivity index (χ1) is 12.5. The standard InChI is InChI=1S/C21H32N2O3/c1-22(18-9-4-3-5-10-18)16-21(25)12-7-13-23(20(21)24)15-17-8-6-11-19(14-17)26-2/h6,8,11,14,18,25H,3-5,7,9-10,12-13,15-16H2,1-2H3. The van der Waals surface area contributed by atoms with E-state index >= 15 is 0 Å². The summed E-state index contributed by atoms with van der Waals surface area (Å²) in [5, 5.41) is 11.1. The predicted octanol–water partition coefficient (Wildman–Crippen LogP) is 2.81. The van der Waals surface area contributed by atoms with E-state index < -0.39 is 5.60 Å². The SMILES string of the molecule is COc1cccc(CN2CCCC(O)(CN(C)C3CCCCC3)C2=O)c1. The molecule has 1 unspecified atom stereocenters. The van der Waals surface area contributed by atoms with Gasteiger partial charge >= 0.3 is 0 Å². The number of aliphatic hydroxyl groups is 1. The Kier molecular flexibility index (Phi) is 6.20. The zero-order valence-electron chi connectivity index (χ0n) is 16.1. The normalized spacial score (nSPS) is 24.9. The van der Waals surface area contributed by atoms with Gasteiger partial charge in [-0.3, -0.25) is 4.79 Å². The molecule has 3 rings (SSSR count). The van der Waals surface area contributed by atoms with E-state index in [-0.39, 0.29) is 5.91 Å². The average molecular weight is 360 g/mol. The topological polar surface area (TPSA) is 53.0 Å². The summed E-state index contributed by atoms with van der Waals surface area (Å²) in [6.07, 6.45) is 7.55. The molecule has 1 N–H and O–H groups in total. The van der Waals surface area contributed by atoms with Crippen LogP contribution >= 0.6 is 0 Å². The van der Waals surface area contributed by atoms with Crippen LogP contribution in [-0.2, 0) is 11.3 Å². The van der Waals surface area contributed by atoms with Crippen molar-refractivity contribution in [1.82, 2.24) is 9.80 Å². The van der Waals surface area contributed by atoms with Crippen molar-refractivity contribution in [1.29, 1.82) is 0 Å². The Morgan fingerprint density at radius 2 is 2.04 bits per heavy atom. The molecule has 5 heteroatoms. The minimum Gasteiger partial charge on any atom is -0.497 e. The minimum atomic E-state index is -1.26. The van der Waals surface area contributed by atoms with E-state index in [0.717, 1.165) is 17.7 Å². The summed E-state index contributed by atoms with van der Waals surface area (Å²) in [7, 11) is 3.70. The second kappa shape index (κ2) is 8.40. The van der Waals surface area contributed by atoms with Crippen LogP contribution in [0.3, 0.4) is 0 Å². The molecule has 1 aromatic rings. The molecule has 5 nitrogen and oxygen atoms in total. The summed E-state index contributed by atoms with van der Waals surface area (Å²) in [6.45, 7) is 1.65. The molecule has 0 aromatic heterocycles. The lowest BCUT2D eigenvalue weighted by Crippen LogP contribution is -2.59. The number of hydrogen-bond donors (Lipinski definition) is 1. The highest BCUT2D eigenvalue weighted by Crippen LogP contribution is 2.28. The van der Waals surface area contributed by atoms with Crippen LogP contribution < -0.4 is 4.74 Å². The maximum atomic E-state index is 13.0. The molecular weight excluding hydrogens is 328 g/mol. The molecule has 1 saturated heterocycles. The molecule has 0 spiro atoms. The third kappa shape index (κ3) is 4.38. The van der Waals surface area contributed by atoms with Crippen LogP contribution in [0.25, 0.3) is 0 Å². The fourth-order valence-electron chi connectivity index (χ4n) is 4.42. The van der Waals surface area contributed by atoms with Crippen LogP contribution in [0.2, 0.25) is 0 Å². The highest BCUT2D eigenvalue weighted by Gasteiger charge is 2.43. The van der Waals surface area contributed by atoms with Crippen molar-refractivity contribution in [2.24, 2.45) is 0 Å². The molecule has 2 aliphatic rings. The predicted molar refractivity (Wildman–Crippen MR) is 102 cm³/mol. The first-order valence-corrected chi connectivity index (χ1v) is 9.87. The van der Waals surface area contributed by atoms with Gasteiger partial charge in [0.25, 0.3) is 5.91 Å². The molecule has 0 bridgehead atoms. The Bertz CT molecular complexity index is 615. The van der Waals surface area contributed by atoms with Gasteiger partial charge < -0.3 is 19.6 Å². The summed E-state index contributed by atoms with van der Waals surface area (Å²) in [6, 6.07) is 8.28. The van der Waals surface area contributed by atoms with Gasteiger partial charge in [0.1, 0.15) is 5.75 Å². The number of likely N-dealkylation sites (tertiary alicyclic amines) is 1. The minimum absolute atomic E-state index is 0.130. The van der Waals surface area contributed by atoms with E-state index in [9.17, 15) is 9.90 Å². The molecule has 0 radical (unpaired) electrons. The van der Waals surface area contributed by atoms with Crippen LogP contribution in [0.4, 0.5) is 0 Å². The summed E-state index contributed by atoms with van der Waals surface area (Å²) >= 11 is 0. The van der Waals surface area contributed by atoms with Gasteiger partial charge in [-0.25, -0.2) is 0 Å². The van der Waals surface area contributed by atoms with E-state index in [1.807, 2.05) is 24.3 Å². The lowest BCUT2D eigenvalue weighted by atomic mass is 9.88.